The monoisotopic (exact) mass is 241 g/mol. The van der Waals surface area contributed by atoms with Gasteiger partial charge in [0, 0.05) is 6.07 Å². The lowest BCUT2D eigenvalue weighted by Gasteiger charge is -2.06. The number of nitriles is 1. The molecule has 18 heavy (non-hydrogen) atoms. The highest BCUT2D eigenvalue weighted by Gasteiger charge is 2.04. The van der Waals surface area contributed by atoms with E-state index in [1.807, 2.05) is 6.07 Å². The molecule has 0 saturated carbocycles. The van der Waals surface area contributed by atoms with Crippen molar-refractivity contribution in [1.82, 2.24) is 4.98 Å². The number of hydrogen-bond acceptors (Lipinski definition) is 5. The van der Waals surface area contributed by atoms with E-state index in [-0.39, 0.29) is 5.69 Å². The second kappa shape index (κ2) is 5.06. The smallest absolute Gasteiger partial charge is 0.220 e. The summed E-state index contributed by atoms with van der Waals surface area (Å²) in [6.07, 6.45) is 0. The minimum atomic E-state index is 0.154. The molecule has 2 aromatic rings. The Hall–Kier alpha value is -2.74. The van der Waals surface area contributed by atoms with Crippen molar-refractivity contribution in [3.8, 4) is 23.4 Å². The second-order valence-electron chi connectivity index (χ2n) is 3.48. The average Bonchev–Trinajstić information content (AvgIpc) is 2.42. The number of benzene rings is 1. The molecule has 2 N–H and O–H groups in total. The molecule has 2 rings (SSSR count). The van der Waals surface area contributed by atoms with Gasteiger partial charge < -0.3 is 15.2 Å². The first-order chi connectivity index (χ1) is 8.72. The van der Waals surface area contributed by atoms with E-state index in [2.05, 4.69) is 4.98 Å². The molecule has 0 aliphatic carbocycles. The minimum absolute atomic E-state index is 0.154. The highest BCUT2D eigenvalue weighted by molar-refractivity contribution is 5.51. The highest BCUT2D eigenvalue weighted by atomic mass is 16.5. The van der Waals surface area contributed by atoms with E-state index in [0.717, 1.165) is 5.75 Å². The zero-order valence-corrected chi connectivity index (χ0v) is 9.75. The van der Waals surface area contributed by atoms with Gasteiger partial charge in [0.05, 0.1) is 12.8 Å². The number of rotatable bonds is 3. The van der Waals surface area contributed by atoms with Crippen LogP contribution >= 0.6 is 0 Å². The number of aromatic nitrogens is 1. The number of nitrogens with two attached hydrogens (primary N) is 1. The summed E-state index contributed by atoms with van der Waals surface area (Å²) in [5, 5.41) is 8.81. The van der Waals surface area contributed by atoms with Gasteiger partial charge in [0.25, 0.3) is 0 Å². The third-order valence-electron chi connectivity index (χ3n) is 2.29. The summed E-state index contributed by atoms with van der Waals surface area (Å²) in [5.41, 5.74) is 6.06. The Morgan fingerprint density at radius 2 is 1.78 bits per heavy atom. The molecule has 0 unspecified atom stereocenters. The lowest BCUT2D eigenvalue weighted by atomic mass is 10.3. The van der Waals surface area contributed by atoms with Crippen LogP contribution in [0, 0.1) is 11.3 Å². The van der Waals surface area contributed by atoms with E-state index in [4.69, 9.17) is 20.5 Å². The first-order valence-electron chi connectivity index (χ1n) is 5.21. The van der Waals surface area contributed by atoms with Gasteiger partial charge in [0.2, 0.25) is 5.88 Å². The molecule has 0 atom stereocenters. The molecular formula is C13H11N3O2. The SMILES string of the molecule is COc1ccc(Oc2ccc(N)c(C#N)n2)cc1. The summed E-state index contributed by atoms with van der Waals surface area (Å²) in [6, 6.07) is 12.2. The first-order valence-corrected chi connectivity index (χ1v) is 5.21. The number of nitrogens with zero attached hydrogens (tertiary/aromatic N) is 2. The molecule has 5 heteroatoms. The van der Waals surface area contributed by atoms with Crippen molar-refractivity contribution >= 4 is 5.69 Å². The van der Waals surface area contributed by atoms with Crippen molar-refractivity contribution < 1.29 is 9.47 Å². The first kappa shape index (κ1) is 11.7. The molecule has 0 spiro atoms. The van der Waals surface area contributed by atoms with E-state index in [1.165, 1.54) is 0 Å². The largest absolute Gasteiger partial charge is 0.497 e. The van der Waals surface area contributed by atoms with Gasteiger partial charge in [-0.15, -0.1) is 0 Å². The summed E-state index contributed by atoms with van der Waals surface area (Å²) in [5.74, 6) is 1.67. The summed E-state index contributed by atoms with van der Waals surface area (Å²) < 4.78 is 10.5. The van der Waals surface area contributed by atoms with Crippen molar-refractivity contribution in [1.29, 1.82) is 5.26 Å². The van der Waals surface area contributed by atoms with Gasteiger partial charge >= 0.3 is 0 Å². The molecule has 5 nitrogen and oxygen atoms in total. The maximum atomic E-state index is 8.81. The molecule has 1 aromatic heterocycles. The minimum Gasteiger partial charge on any atom is -0.497 e. The number of ether oxygens (including phenoxy) is 2. The Labute approximate surface area is 104 Å². The van der Waals surface area contributed by atoms with Crippen molar-refractivity contribution in [2.24, 2.45) is 0 Å². The van der Waals surface area contributed by atoms with Crippen LogP contribution in [-0.2, 0) is 0 Å². The van der Waals surface area contributed by atoms with E-state index in [0.29, 0.717) is 17.3 Å². The predicted octanol–water partition coefficient (Wildman–Crippen LogP) is 2.34. The van der Waals surface area contributed by atoms with Gasteiger partial charge in [-0.2, -0.15) is 5.26 Å². The Balaban J connectivity index is 2.20. The summed E-state index contributed by atoms with van der Waals surface area (Å²) in [6.45, 7) is 0. The lowest BCUT2D eigenvalue weighted by Crippen LogP contribution is -1.96. The van der Waals surface area contributed by atoms with Crippen LogP contribution in [-0.4, -0.2) is 12.1 Å². The maximum absolute atomic E-state index is 8.81. The van der Waals surface area contributed by atoms with E-state index >= 15 is 0 Å². The average molecular weight is 241 g/mol. The van der Waals surface area contributed by atoms with E-state index in [9.17, 15) is 0 Å². The third kappa shape index (κ3) is 2.50. The summed E-state index contributed by atoms with van der Waals surface area (Å²) in [7, 11) is 1.59. The molecule has 0 fully saturated rings. The Kier molecular flexibility index (Phi) is 3.30. The number of hydrogen-bond donors (Lipinski definition) is 1. The topological polar surface area (TPSA) is 81.2 Å². The van der Waals surface area contributed by atoms with Crippen LogP contribution in [0.3, 0.4) is 0 Å². The normalized spacial score (nSPS) is 9.56. The summed E-state index contributed by atoms with van der Waals surface area (Å²) >= 11 is 0. The van der Waals surface area contributed by atoms with E-state index < -0.39 is 0 Å². The van der Waals surface area contributed by atoms with Gasteiger partial charge in [0.1, 0.15) is 17.6 Å². The number of anilines is 1. The molecular weight excluding hydrogens is 230 g/mol. The number of methoxy groups -OCH3 is 1. The van der Waals surface area contributed by atoms with Gasteiger partial charge in [-0.1, -0.05) is 0 Å². The molecule has 0 radical (unpaired) electrons. The molecule has 0 aliphatic rings. The molecule has 90 valence electrons. The van der Waals surface area contributed by atoms with Gasteiger partial charge in [-0.05, 0) is 30.3 Å². The zero-order valence-electron chi connectivity index (χ0n) is 9.75. The van der Waals surface area contributed by atoms with Crippen molar-refractivity contribution in [2.45, 2.75) is 0 Å². The van der Waals surface area contributed by atoms with Crippen LogP contribution in [0.25, 0.3) is 0 Å². The molecule has 0 amide bonds. The molecule has 0 bridgehead atoms. The second-order valence-corrected chi connectivity index (χ2v) is 3.48. The van der Waals surface area contributed by atoms with Gasteiger partial charge in [-0.3, -0.25) is 0 Å². The Morgan fingerprint density at radius 3 is 2.39 bits per heavy atom. The molecule has 0 saturated heterocycles. The van der Waals surface area contributed by atoms with Gasteiger partial charge in [-0.25, -0.2) is 4.98 Å². The fourth-order valence-electron chi connectivity index (χ4n) is 1.36. The zero-order chi connectivity index (χ0) is 13.0. The van der Waals surface area contributed by atoms with Crippen molar-refractivity contribution in [2.75, 3.05) is 12.8 Å². The Morgan fingerprint density at radius 1 is 1.11 bits per heavy atom. The third-order valence-corrected chi connectivity index (χ3v) is 2.29. The quantitative estimate of drug-likeness (QED) is 0.891. The fraction of sp³-hybridized carbons (Fsp3) is 0.0769. The predicted molar refractivity (Wildman–Crippen MR) is 66.4 cm³/mol. The van der Waals surface area contributed by atoms with Crippen LogP contribution < -0.4 is 15.2 Å². The highest BCUT2D eigenvalue weighted by Crippen LogP contribution is 2.23. The molecule has 1 aromatic carbocycles. The summed E-state index contributed by atoms with van der Waals surface area (Å²) in [4.78, 5) is 3.99. The van der Waals surface area contributed by atoms with Crippen molar-refractivity contribution in [3.63, 3.8) is 0 Å². The Bertz CT molecular complexity index is 588. The van der Waals surface area contributed by atoms with Crippen LogP contribution in [0.4, 0.5) is 5.69 Å². The van der Waals surface area contributed by atoms with Crippen LogP contribution in [0.2, 0.25) is 0 Å². The standard InChI is InChI=1S/C13H11N3O2/c1-17-9-2-4-10(5-3-9)18-13-7-6-11(15)12(8-14)16-13/h2-7H,15H2,1H3. The van der Waals surface area contributed by atoms with E-state index in [1.54, 1.807) is 43.5 Å². The van der Waals surface area contributed by atoms with Crippen LogP contribution in [0.1, 0.15) is 5.69 Å². The van der Waals surface area contributed by atoms with Crippen molar-refractivity contribution in [3.05, 3.63) is 42.1 Å². The maximum Gasteiger partial charge on any atom is 0.220 e. The molecule has 0 aliphatic heterocycles. The lowest BCUT2D eigenvalue weighted by molar-refractivity contribution is 0.412. The van der Waals surface area contributed by atoms with Gasteiger partial charge in [0.15, 0.2) is 5.69 Å². The number of pyridine rings is 1. The van der Waals surface area contributed by atoms with Crippen LogP contribution in [0.15, 0.2) is 36.4 Å². The number of nitrogen functional groups attached to an aromatic ring is 1. The molecule has 1 heterocycles. The fourth-order valence-corrected chi connectivity index (χ4v) is 1.36. The van der Waals surface area contributed by atoms with Crippen LogP contribution in [0.5, 0.6) is 17.4 Å².